The summed E-state index contributed by atoms with van der Waals surface area (Å²) in [4.78, 5) is 31.0. The molecule has 0 atom stereocenters. The summed E-state index contributed by atoms with van der Waals surface area (Å²) >= 11 is 0. The molecule has 2 heterocycles. The lowest BCUT2D eigenvalue weighted by Crippen LogP contribution is -2.35. The molecule has 0 saturated carbocycles. The number of amides is 2. The van der Waals surface area contributed by atoms with Crippen molar-refractivity contribution in [2.24, 2.45) is 0 Å². The molecule has 4 rings (SSSR count). The molecule has 0 bridgehead atoms. The first-order valence-corrected chi connectivity index (χ1v) is 11.3. The summed E-state index contributed by atoms with van der Waals surface area (Å²) in [6.45, 7) is 4.10. The van der Waals surface area contributed by atoms with Crippen LogP contribution in [-0.2, 0) is 17.8 Å². The molecule has 1 N–H and O–H groups in total. The molecule has 0 unspecified atom stereocenters. The van der Waals surface area contributed by atoms with Gasteiger partial charge < -0.3 is 14.6 Å². The number of oxazole rings is 1. The van der Waals surface area contributed by atoms with Crippen molar-refractivity contribution in [1.82, 2.24) is 15.2 Å². The second-order valence-electron chi connectivity index (χ2n) is 8.29. The number of aromatic nitrogens is 1. The van der Waals surface area contributed by atoms with Gasteiger partial charge in [0.05, 0.1) is 0 Å². The van der Waals surface area contributed by atoms with E-state index in [4.69, 9.17) is 4.42 Å². The monoisotopic (exact) mass is 431 g/mol. The van der Waals surface area contributed by atoms with E-state index >= 15 is 0 Å². The lowest BCUT2D eigenvalue weighted by atomic mass is 10.0. The van der Waals surface area contributed by atoms with E-state index in [9.17, 15) is 9.59 Å². The average Bonchev–Trinajstić information content (AvgIpc) is 3.33. The Morgan fingerprint density at radius 2 is 1.78 bits per heavy atom. The third kappa shape index (κ3) is 5.44. The highest BCUT2D eigenvalue weighted by Gasteiger charge is 2.21. The molecule has 0 radical (unpaired) electrons. The lowest BCUT2D eigenvalue weighted by Gasteiger charge is -2.25. The number of aryl methyl sites for hydroxylation is 2. The van der Waals surface area contributed by atoms with Gasteiger partial charge in [-0.3, -0.25) is 9.59 Å². The summed E-state index contributed by atoms with van der Waals surface area (Å²) in [6, 6.07) is 15.8. The number of rotatable bonds is 7. The summed E-state index contributed by atoms with van der Waals surface area (Å²) < 4.78 is 5.56. The molecule has 2 amide bonds. The van der Waals surface area contributed by atoms with Gasteiger partial charge in [0.1, 0.15) is 6.26 Å². The Hall–Kier alpha value is -3.41. The molecule has 3 aromatic rings. The summed E-state index contributed by atoms with van der Waals surface area (Å²) in [5, 5.41) is 2.98. The quantitative estimate of drug-likeness (QED) is 0.597. The number of hydrogen-bond donors (Lipinski definition) is 1. The van der Waals surface area contributed by atoms with Crippen molar-refractivity contribution in [2.45, 2.75) is 45.6 Å². The van der Waals surface area contributed by atoms with Crippen LogP contribution in [0.3, 0.4) is 0 Å². The van der Waals surface area contributed by atoms with E-state index in [-0.39, 0.29) is 11.8 Å². The van der Waals surface area contributed by atoms with Crippen molar-refractivity contribution < 1.29 is 14.0 Å². The molecule has 1 aromatic heterocycles. The van der Waals surface area contributed by atoms with Crippen molar-refractivity contribution in [3.8, 4) is 11.5 Å². The van der Waals surface area contributed by atoms with E-state index in [1.54, 1.807) is 0 Å². The number of piperidine rings is 1. The van der Waals surface area contributed by atoms with Gasteiger partial charge in [-0.05, 0) is 61.4 Å². The minimum atomic E-state index is -0.0651. The zero-order valence-electron chi connectivity index (χ0n) is 18.5. The molecule has 0 aliphatic carbocycles. The van der Waals surface area contributed by atoms with Gasteiger partial charge in [0, 0.05) is 31.6 Å². The fourth-order valence-corrected chi connectivity index (χ4v) is 3.96. The molecule has 2 aromatic carbocycles. The first-order chi connectivity index (χ1) is 15.6. The van der Waals surface area contributed by atoms with E-state index < -0.39 is 0 Å². The van der Waals surface area contributed by atoms with Gasteiger partial charge in [0.2, 0.25) is 11.8 Å². The molecule has 0 spiro atoms. The number of carbonyl (C=O) groups excluding carboxylic acids is 2. The standard InChI is InChI=1S/C26H29N3O3/c1-19-7-3-4-8-21(19)13-14-24(30)27-17-20-9-11-22(12-10-20)25-28-23(18-32-25)26(31)29-15-5-2-6-16-29/h3-4,7-12,18H,2,5-6,13-17H2,1H3,(H,27,30). The van der Waals surface area contributed by atoms with E-state index in [0.717, 1.165) is 43.5 Å². The largest absolute Gasteiger partial charge is 0.444 e. The van der Waals surface area contributed by atoms with Gasteiger partial charge in [0.15, 0.2) is 5.69 Å². The van der Waals surface area contributed by atoms with Crippen molar-refractivity contribution >= 4 is 11.8 Å². The Labute approximate surface area is 188 Å². The highest BCUT2D eigenvalue weighted by molar-refractivity contribution is 5.92. The van der Waals surface area contributed by atoms with Crippen molar-refractivity contribution in [2.75, 3.05) is 13.1 Å². The van der Waals surface area contributed by atoms with Gasteiger partial charge in [-0.25, -0.2) is 4.98 Å². The molecule has 1 aliphatic rings. The zero-order chi connectivity index (χ0) is 22.3. The minimum Gasteiger partial charge on any atom is -0.444 e. The molecule has 6 nitrogen and oxygen atoms in total. The maximum absolute atomic E-state index is 12.6. The number of likely N-dealkylation sites (tertiary alicyclic amines) is 1. The van der Waals surface area contributed by atoms with Crippen molar-refractivity contribution in [1.29, 1.82) is 0 Å². The maximum Gasteiger partial charge on any atom is 0.275 e. The fourth-order valence-electron chi connectivity index (χ4n) is 3.96. The van der Waals surface area contributed by atoms with Crippen LogP contribution < -0.4 is 5.32 Å². The first-order valence-electron chi connectivity index (χ1n) is 11.3. The van der Waals surface area contributed by atoms with Gasteiger partial charge >= 0.3 is 0 Å². The topological polar surface area (TPSA) is 75.4 Å². The molecule has 166 valence electrons. The molecule has 32 heavy (non-hydrogen) atoms. The number of hydrogen-bond acceptors (Lipinski definition) is 4. The Bertz CT molecular complexity index is 1070. The summed E-state index contributed by atoms with van der Waals surface area (Å²) in [5.74, 6) is 0.398. The van der Waals surface area contributed by atoms with Crippen LogP contribution in [0, 0.1) is 6.92 Å². The Morgan fingerprint density at radius 3 is 2.53 bits per heavy atom. The smallest absolute Gasteiger partial charge is 0.275 e. The minimum absolute atomic E-state index is 0.0332. The van der Waals surface area contributed by atoms with Crippen LogP contribution in [0.2, 0.25) is 0 Å². The van der Waals surface area contributed by atoms with E-state index in [1.807, 2.05) is 41.3 Å². The predicted molar refractivity (Wildman–Crippen MR) is 123 cm³/mol. The third-order valence-corrected chi connectivity index (χ3v) is 5.94. The average molecular weight is 432 g/mol. The SMILES string of the molecule is Cc1ccccc1CCC(=O)NCc1ccc(-c2nc(C(=O)N3CCCCC3)co2)cc1. The number of nitrogens with zero attached hydrogens (tertiary/aromatic N) is 2. The molecule has 1 aliphatic heterocycles. The van der Waals surface area contributed by atoms with Gasteiger partial charge in [-0.2, -0.15) is 0 Å². The van der Waals surface area contributed by atoms with E-state index in [0.29, 0.717) is 24.6 Å². The molecule has 6 heteroatoms. The predicted octanol–water partition coefficient (Wildman–Crippen LogP) is 4.53. The van der Waals surface area contributed by atoms with Crippen LogP contribution in [0.15, 0.2) is 59.2 Å². The fraction of sp³-hybridized carbons (Fsp3) is 0.346. The van der Waals surface area contributed by atoms with Crippen LogP contribution in [0.25, 0.3) is 11.5 Å². The highest BCUT2D eigenvalue weighted by Crippen LogP contribution is 2.21. The Morgan fingerprint density at radius 1 is 1.03 bits per heavy atom. The van der Waals surface area contributed by atoms with Crippen LogP contribution >= 0.6 is 0 Å². The Kier molecular flexibility index (Phi) is 7.00. The maximum atomic E-state index is 12.6. The van der Waals surface area contributed by atoms with Crippen LogP contribution in [0.1, 0.15) is 52.9 Å². The van der Waals surface area contributed by atoms with E-state index in [1.165, 1.54) is 23.8 Å². The number of carbonyl (C=O) groups is 2. The van der Waals surface area contributed by atoms with Crippen molar-refractivity contribution in [3.63, 3.8) is 0 Å². The van der Waals surface area contributed by atoms with Gasteiger partial charge in [0.25, 0.3) is 5.91 Å². The summed E-state index contributed by atoms with van der Waals surface area (Å²) in [6.07, 6.45) is 5.90. The van der Waals surface area contributed by atoms with Gasteiger partial charge in [-0.15, -0.1) is 0 Å². The van der Waals surface area contributed by atoms with Crippen LogP contribution in [0.5, 0.6) is 0 Å². The Balaban J connectivity index is 1.28. The second-order valence-corrected chi connectivity index (χ2v) is 8.29. The van der Waals surface area contributed by atoms with E-state index in [2.05, 4.69) is 29.4 Å². The van der Waals surface area contributed by atoms with Crippen LogP contribution in [-0.4, -0.2) is 34.8 Å². The molecular weight excluding hydrogens is 402 g/mol. The number of nitrogens with one attached hydrogen (secondary N) is 1. The lowest BCUT2D eigenvalue weighted by molar-refractivity contribution is -0.121. The summed E-state index contributed by atoms with van der Waals surface area (Å²) in [5.41, 5.74) is 4.57. The second kappa shape index (κ2) is 10.3. The zero-order valence-corrected chi connectivity index (χ0v) is 18.5. The molecule has 1 saturated heterocycles. The summed E-state index contributed by atoms with van der Waals surface area (Å²) in [7, 11) is 0. The highest BCUT2D eigenvalue weighted by atomic mass is 16.3. The molecule has 1 fully saturated rings. The molecular formula is C26H29N3O3. The first kappa shape index (κ1) is 21.8. The number of benzene rings is 2. The van der Waals surface area contributed by atoms with Crippen molar-refractivity contribution in [3.05, 3.63) is 77.2 Å². The third-order valence-electron chi connectivity index (χ3n) is 5.94. The normalized spacial score (nSPS) is 13.7. The van der Waals surface area contributed by atoms with Crippen LogP contribution in [0.4, 0.5) is 0 Å². The van der Waals surface area contributed by atoms with Gasteiger partial charge in [-0.1, -0.05) is 36.4 Å².